The molecule has 8 heteroatoms. The van der Waals surface area contributed by atoms with Gasteiger partial charge in [-0.1, -0.05) is 30.3 Å². The lowest BCUT2D eigenvalue weighted by Gasteiger charge is -2.11. The molecular weight excluding hydrogens is 458 g/mol. The van der Waals surface area contributed by atoms with Crippen molar-refractivity contribution in [2.24, 2.45) is 10.7 Å². The average molecular weight is 477 g/mol. The molecular formula is C18H19F3IN3O. The molecule has 2 aromatic rings. The third-order valence-electron chi connectivity index (χ3n) is 4.01. The third kappa shape index (κ3) is 5.03. The van der Waals surface area contributed by atoms with E-state index in [9.17, 15) is 13.2 Å². The smallest absolute Gasteiger partial charge is 0.416 e. The van der Waals surface area contributed by atoms with Gasteiger partial charge in [0.15, 0.2) is 5.96 Å². The lowest BCUT2D eigenvalue weighted by molar-refractivity contribution is -0.137. The number of benzene rings is 2. The second-order valence-corrected chi connectivity index (χ2v) is 5.83. The van der Waals surface area contributed by atoms with Gasteiger partial charge in [-0.15, -0.1) is 24.0 Å². The van der Waals surface area contributed by atoms with Crippen molar-refractivity contribution in [3.05, 3.63) is 65.2 Å². The number of hydrogen-bond donors (Lipinski definition) is 2. The zero-order valence-electron chi connectivity index (χ0n) is 13.8. The molecule has 0 aromatic heterocycles. The Labute approximate surface area is 166 Å². The standard InChI is InChI=1S/C18H18F3N3O.HI/c19-18(20,21)14-5-3-4-12(8-14)9-23-17(22)24-10-13-11-25-16-7-2-1-6-15(13)16;/h1-8,13H,9-11H2,(H3,22,23,24);1H. The largest absolute Gasteiger partial charge is 0.493 e. The number of fused-ring (bicyclic) bond motifs is 1. The molecule has 0 aliphatic carbocycles. The number of para-hydroxylation sites is 1. The quantitative estimate of drug-likeness (QED) is 0.399. The van der Waals surface area contributed by atoms with Crippen molar-refractivity contribution in [2.45, 2.75) is 18.6 Å². The van der Waals surface area contributed by atoms with E-state index in [1.54, 1.807) is 6.07 Å². The Morgan fingerprint density at radius 2 is 1.96 bits per heavy atom. The Morgan fingerprint density at radius 1 is 1.19 bits per heavy atom. The Bertz CT molecular complexity index is 780. The summed E-state index contributed by atoms with van der Waals surface area (Å²) < 4.78 is 43.7. The van der Waals surface area contributed by atoms with Gasteiger partial charge in [-0.25, -0.2) is 4.99 Å². The summed E-state index contributed by atoms with van der Waals surface area (Å²) in [5.41, 5.74) is 6.70. The van der Waals surface area contributed by atoms with Crippen LogP contribution in [0.3, 0.4) is 0 Å². The lowest BCUT2D eigenvalue weighted by Crippen LogP contribution is -2.35. The van der Waals surface area contributed by atoms with Crippen LogP contribution in [-0.4, -0.2) is 19.1 Å². The van der Waals surface area contributed by atoms with Crippen molar-refractivity contribution in [2.75, 3.05) is 13.2 Å². The summed E-state index contributed by atoms with van der Waals surface area (Å²) in [7, 11) is 0. The first kappa shape index (κ1) is 20.3. The highest BCUT2D eigenvalue weighted by Gasteiger charge is 2.30. The summed E-state index contributed by atoms with van der Waals surface area (Å²) in [4.78, 5) is 4.11. The number of aliphatic imine (C=N–C) groups is 1. The van der Waals surface area contributed by atoms with Gasteiger partial charge in [0.05, 0.1) is 18.7 Å². The number of ether oxygens (including phenoxy) is 1. The van der Waals surface area contributed by atoms with Crippen molar-refractivity contribution >= 4 is 29.9 Å². The molecule has 26 heavy (non-hydrogen) atoms. The fourth-order valence-corrected chi connectivity index (χ4v) is 2.70. The van der Waals surface area contributed by atoms with Crippen LogP contribution in [0.4, 0.5) is 13.2 Å². The Hall–Kier alpha value is -1.97. The Morgan fingerprint density at radius 3 is 2.73 bits per heavy atom. The van der Waals surface area contributed by atoms with Gasteiger partial charge < -0.3 is 15.8 Å². The summed E-state index contributed by atoms with van der Waals surface area (Å²) >= 11 is 0. The first-order valence-electron chi connectivity index (χ1n) is 7.85. The van der Waals surface area contributed by atoms with Gasteiger partial charge in [0.1, 0.15) is 5.75 Å². The molecule has 2 aromatic carbocycles. The molecule has 0 bridgehead atoms. The molecule has 0 saturated heterocycles. The lowest BCUT2D eigenvalue weighted by atomic mass is 10.0. The SMILES string of the molecule is I.NC(=NCc1cccc(C(F)(F)F)c1)NCC1COc2ccccc21. The number of nitrogens with one attached hydrogen (secondary N) is 1. The molecule has 1 atom stereocenters. The molecule has 0 amide bonds. The molecule has 0 spiro atoms. The van der Waals surface area contributed by atoms with Crippen LogP contribution in [-0.2, 0) is 12.7 Å². The minimum Gasteiger partial charge on any atom is -0.493 e. The van der Waals surface area contributed by atoms with E-state index in [4.69, 9.17) is 10.5 Å². The van der Waals surface area contributed by atoms with Gasteiger partial charge in [0, 0.05) is 18.0 Å². The maximum absolute atomic E-state index is 12.7. The van der Waals surface area contributed by atoms with E-state index in [0.717, 1.165) is 23.4 Å². The van der Waals surface area contributed by atoms with E-state index < -0.39 is 11.7 Å². The predicted octanol–water partition coefficient (Wildman–Crippen LogP) is 3.90. The number of hydrogen-bond acceptors (Lipinski definition) is 2. The first-order chi connectivity index (χ1) is 11.9. The van der Waals surface area contributed by atoms with Crippen LogP contribution in [0.5, 0.6) is 5.75 Å². The van der Waals surface area contributed by atoms with Crippen LogP contribution in [0.2, 0.25) is 0 Å². The van der Waals surface area contributed by atoms with Gasteiger partial charge in [0.25, 0.3) is 0 Å². The number of nitrogens with zero attached hydrogens (tertiary/aromatic N) is 1. The predicted molar refractivity (Wildman–Crippen MR) is 105 cm³/mol. The highest BCUT2D eigenvalue weighted by atomic mass is 127. The van der Waals surface area contributed by atoms with Crippen molar-refractivity contribution < 1.29 is 17.9 Å². The fraction of sp³-hybridized carbons (Fsp3) is 0.278. The van der Waals surface area contributed by atoms with E-state index in [0.29, 0.717) is 18.7 Å². The molecule has 3 rings (SSSR count). The molecule has 1 unspecified atom stereocenters. The van der Waals surface area contributed by atoms with E-state index in [2.05, 4.69) is 10.3 Å². The van der Waals surface area contributed by atoms with Crippen molar-refractivity contribution in [3.63, 3.8) is 0 Å². The number of rotatable bonds is 4. The van der Waals surface area contributed by atoms with Crippen LogP contribution in [0.1, 0.15) is 22.6 Å². The van der Waals surface area contributed by atoms with Gasteiger partial charge in [0.2, 0.25) is 0 Å². The molecule has 0 fully saturated rings. The Kier molecular flexibility index (Phi) is 6.74. The second kappa shape index (κ2) is 8.61. The van der Waals surface area contributed by atoms with Crippen LogP contribution in [0.15, 0.2) is 53.5 Å². The summed E-state index contributed by atoms with van der Waals surface area (Å²) in [6, 6.07) is 12.9. The highest BCUT2D eigenvalue weighted by Crippen LogP contribution is 2.32. The minimum absolute atomic E-state index is 0. The number of nitrogens with two attached hydrogens (primary N) is 1. The molecule has 1 aliphatic rings. The molecule has 3 N–H and O–H groups in total. The van der Waals surface area contributed by atoms with Gasteiger partial charge in [-0.05, 0) is 23.8 Å². The van der Waals surface area contributed by atoms with Crippen LogP contribution >= 0.6 is 24.0 Å². The normalized spacial score (nSPS) is 16.4. The molecule has 4 nitrogen and oxygen atoms in total. The molecule has 0 radical (unpaired) electrons. The van der Waals surface area contributed by atoms with Crippen LogP contribution in [0, 0.1) is 0 Å². The van der Waals surface area contributed by atoms with Gasteiger partial charge >= 0.3 is 6.18 Å². The zero-order chi connectivity index (χ0) is 17.9. The monoisotopic (exact) mass is 477 g/mol. The Balaban J connectivity index is 0.00000243. The van der Waals surface area contributed by atoms with Crippen molar-refractivity contribution in [1.82, 2.24) is 5.32 Å². The second-order valence-electron chi connectivity index (χ2n) is 5.83. The summed E-state index contributed by atoms with van der Waals surface area (Å²) in [6.45, 7) is 1.20. The molecule has 140 valence electrons. The van der Waals surface area contributed by atoms with Crippen LogP contribution in [0.25, 0.3) is 0 Å². The highest BCUT2D eigenvalue weighted by molar-refractivity contribution is 14.0. The number of halogens is 4. The summed E-state index contributed by atoms with van der Waals surface area (Å²) in [5, 5.41) is 3.01. The summed E-state index contributed by atoms with van der Waals surface area (Å²) in [5.74, 6) is 1.23. The van der Waals surface area contributed by atoms with Crippen molar-refractivity contribution in [1.29, 1.82) is 0 Å². The molecule has 1 heterocycles. The third-order valence-corrected chi connectivity index (χ3v) is 4.01. The van der Waals surface area contributed by atoms with Gasteiger partial charge in [-0.3, -0.25) is 0 Å². The van der Waals surface area contributed by atoms with E-state index >= 15 is 0 Å². The minimum atomic E-state index is -4.36. The first-order valence-corrected chi connectivity index (χ1v) is 7.85. The maximum atomic E-state index is 12.7. The van der Waals surface area contributed by atoms with E-state index in [1.807, 2.05) is 24.3 Å². The molecule has 1 aliphatic heterocycles. The maximum Gasteiger partial charge on any atom is 0.416 e. The average Bonchev–Trinajstić information content (AvgIpc) is 3.01. The van der Waals surface area contributed by atoms with E-state index in [-0.39, 0.29) is 42.4 Å². The number of alkyl halides is 3. The zero-order valence-corrected chi connectivity index (χ0v) is 16.1. The fourth-order valence-electron chi connectivity index (χ4n) is 2.70. The van der Waals surface area contributed by atoms with Crippen LogP contribution < -0.4 is 15.8 Å². The van der Waals surface area contributed by atoms with Gasteiger partial charge in [-0.2, -0.15) is 13.2 Å². The number of guanidine groups is 1. The van der Waals surface area contributed by atoms with Crippen molar-refractivity contribution in [3.8, 4) is 5.75 Å². The topological polar surface area (TPSA) is 59.6 Å². The summed E-state index contributed by atoms with van der Waals surface area (Å²) in [6.07, 6.45) is -4.36. The molecule has 0 saturated carbocycles. The van der Waals surface area contributed by atoms with E-state index in [1.165, 1.54) is 6.07 Å².